The van der Waals surface area contributed by atoms with E-state index in [-0.39, 0.29) is 11.8 Å². The lowest BCUT2D eigenvalue weighted by molar-refractivity contribution is 0.0926. The van der Waals surface area contributed by atoms with Gasteiger partial charge in [-0.2, -0.15) is 0 Å². The van der Waals surface area contributed by atoms with Crippen molar-refractivity contribution in [3.63, 3.8) is 0 Å². The molecule has 48 heavy (non-hydrogen) atoms. The maximum Gasteiger partial charge on any atom is 0.268 e. The van der Waals surface area contributed by atoms with E-state index in [4.69, 9.17) is 0 Å². The Morgan fingerprint density at radius 2 is 1.06 bits per heavy atom. The summed E-state index contributed by atoms with van der Waals surface area (Å²) >= 11 is 0. The van der Waals surface area contributed by atoms with Gasteiger partial charge in [-0.25, -0.2) is 4.90 Å². The van der Waals surface area contributed by atoms with Crippen molar-refractivity contribution in [2.75, 3.05) is 4.90 Å². The number of benzene rings is 6. The van der Waals surface area contributed by atoms with Gasteiger partial charge in [-0.05, 0) is 70.3 Å². The van der Waals surface area contributed by atoms with Crippen molar-refractivity contribution in [2.24, 2.45) is 0 Å². The molecule has 2 amide bonds. The molecule has 0 bridgehead atoms. The van der Waals surface area contributed by atoms with E-state index < -0.39 is 0 Å². The molecule has 2 aromatic heterocycles. The van der Waals surface area contributed by atoms with Gasteiger partial charge >= 0.3 is 0 Å². The zero-order chi connectivity index (χ0) is 32.2. The predicted molar refractivity (Wildman–Crippen MR) is 192 cm³/mol. The molecule has 9 rings (SSSR count). The van der Waals surface area contributed by atoms with Crippen LogP contribution in [0.5, 0.6) is 0 Å². The number of pyridine rings is 1. The lowest BCUT2D eigenvalue weighted by Gasteiger charge is -2.22. The van der Waals surface area contributed by atoms with Crippen molar-refractivity contribution in [1.29, 1.82) is 0 Å². The van der Waals surface area contributed by atoms with Crippen LogP contribution in [0, 0.1) is 0 Å². The number of nitrogens with zero attached hydrogens (tertiary/aromatic N) is 3. The van der Waals surface area contributed by atoms with E-state index in [9.17, 15) is 9.59 Å². The van der Waals surface area contributed by atoms with Crippen LogP contribution in [0.4, 0.5) is 5.69 Å². The zero-order valence-corrected chi connectivity index (χ0v) is 25.7. The minimum atomic E-state index is -0.343. The lowest BCUT2D eigenvalue weighted by Crippen LogP contribution is -2.30. The second-order valence-electron chi connectivity index (χ2n) is 11.9. The Hall–Kier alpha value is -6.59. The molecule has 0 aliphatic carbocycles. The third-order valence-corrected chi connectivity index (χ3v) is 9.25. The van der Waals surface area contributed by atoms with E-state index in [1.54, 1.807) is 18.5 Å². The second kappa shape index (κ2) is 11.0. The van der Waals surface area contributed by atoms with Crippen LogP contribution in [-0.4, -0.2) is 21.4 Å². The summed E-state index contributed by atoms with van der Waals surface area (Å²) in [5.41, 5.74) is 9.72. The summed E-state index contributed by atoms with van der Waals surface area (Å²) < 4.78 is 2.13. The van der Waals surface area contributed by atoms with Crippen LogP contribution in [0.25, 0.3) is 60.9 Å². The van der Waals surface area contributed by atoms with E-state index in [0.29, 0.717) is 22.5 Å². The van der Waals surface area contributed by atoms with Crippen LogP contribution in [-0.2, 0) is 0 Å². The average Bonchev–Trinajstić information content (AvgIpc) is 3.62. The van der Waals surface area contributed by atoms with Crippen molar-refractivity contribution in [2.45, 2.75) is 0 Å². The molecule has 0 fully saturated rings. The summed E-state index contributed by atoms with van der Waals surface area (Å²) in [7, 11) is 0. The first-order valence-electron chi connectivity index (χ1n) is 15.9. The molecule has 1 aliphatic rings. The Kier molecular flexibility index (Phi) is 6.37. The van der Waals surface area contributed by atoms with Crippen molar-refractivity contribution in [3.05, 3.63) is 175 Å². The van der Waals surface area contributed by atoms with Crippen LogP contribution in [0.15, 0.2) is 164 Å². The molecular formula is C43H27N3O2. The fourth-order valence-corrected chi connectivity index (χ4v) is 7.12. The minimum Gasteiger partial charge on any atom is -0.308 e. The molecule has 5 nitrogen and oxygen atoms in total. The number of rotatable bonds is 5. The molecule has 0 saturated heterocycles. The molecule has 0 N–H and O–H groups in total. The SMILES string of the molecule is O=C1c2cccc(-n3c4ccccc4c4ccc(-c5ccncc5)cc43)c2C(=O)N1c1cccc(-c2ccccc2)c1-c1ccccc1. The van der Waals surface area contributed by atoms with Crippen molar-refractivity contribution in [3.8, 4) is 39.1 Å². The molecule has 1 aliphatic heterocycles. The number of carbonyl (C=O) groups excluding carboxylic acids is 2. The van der Waals surface area contributed by atoms with Gasteiger partial charge in [0.25, 0.3) is 11.8 Å². The van der Waals surface area contributed by atoms with Crippen LogP contribution in [0.1, 0.15) is 20.7 Å². The minimum absolute atomic E-state index is 0.336. The highest BCUT2D eigenvalue weighted by molar-refractivity contribution is 6.36. The smallest absolute Gasteiger partial charge is 0.268 e. The largest absolute Gasteiger partial charge is 0.308 e. The number of carbonyl (C=O) groups is 2. The van der Waals surface area contributed by atoms with Gasteiger partial charge in [0.1, 0.15) is 0 Å². The van der Waals surface area contributed by atoms with Crippen LogP contribution in [0.2, 0.25) is 0 Å². The molecule has 0 spiro atoms. The van der Waals surface area contributed by atoms with Gasteiger partial charge in [-0.15, -0.1) is 0 Å². The molecule has 8 aromatic rings. The molecule has 0 saturated carbocycles. The van der Waals surface area contributed by atoms with Gasteiger partial charge in [0.2, 0.25) is 0 Å². The molecule has 0 atom stereocenters. The van der Waals surface area contributed by atoms with E-state index in [2.05, 4.69) is 52.0 Å². The maximum atomic E-state index is 14.8. The summed E-state index contributed by atoms with van der Waals surface area (Å²) in [6.07, 6.45) is 3.57. The van der Waals surface area contributed by atoms with Crippen LogP contribution >= 0.6 is 0 Å². The molecule has 3 heterocycles. The van der Waals surface area contributed by atoms with Gasteiger partial charge < -0.3 is 4.57 Å². The Balaban J connectivity index is 1.27. The van der Waals surface area contributed by atoms with Crippen LogP contribution in [0.3, 0.4) is 0 Å². The first-order valence-corrected chi connectivity index (χ1v) is 15.9. The number of para-hydroxylation sites is 1. The van der Waals surface area contributed by atoms with Crippen molar-refractivity contribution in [1.82, 2.24) is 9.55 Å². The number of hydrogen-bond donors (Lipinski definition) is 0. The monoisotopic (exact) mass is 617 g/mol. The van der Waals surface area contributed by atoms with E-state index in [1.165, 1.54) is 4.90 Å². The number of fused-ring (bicyclic) bond motifs is 4. The Labute approximate surface area is 277 Å². The third kappa shape index (κ3) is 4.22. The Morgan fingerprint density at radius 1 is 0.417 bits per heavy atom. The average molecular weight is 618 g/mol. The standard InChI is InChI=1S/C43H27N3O2/c47-42-35-17-10-20-38(45-36-18-8-7-15-33(36)34-22-21-31(27-39(34)45)28-23-25-44-26-24-28)41(35)43(48)46(42)37-19-9-16-32(29-11-3-1-4-12-29)40(37)30-13-5-2-6-14-30/h1-27H. The summed E-state index contributed by atoms with van der Waals surface area (Å²) in [5.74, 6) is -0.679. The van der Waals surface area contributed by atoms with E-state index >= 15 is 0 Å². The number of aromatic nitrogens is 2. The first kappa shape index (κ1) is 27.7. The topological polar surface area (TPSA) is 55.2 Å². The highest BCUT2D eigenvalue weighted by atomic mass is 16.2. The van der Waals surface area contributed by atoms with E-state index in [1.807, 2.05) is 103 Å². The quantitative estimate of drug-likeness (QED) is 0.181. The fourth-order valence-electron chi connectivity index (χ4n) is 7.12. The summed E-state index contributed by atoms with van der Waals surface area (Å²) in [6, 6.07) is 50.0. The maximum absolute atomic E-state index is 14.8. The normalized spacial score (nSPS) is 12.6. The van der Waals surface area contributed by atoms with Gasteiger partial charge in [0.05, 0.1) is 33.5 Å². The van der Waals surface area contributed by atoms with Crippen molar-refractivity contribution >= 4 is 39.3 Å². The van der Waals surface area contributed by atoms with Crippen molar-refractivity contribution < 1.29 is 9.59 Å². The number of amides is 2. The fraction of sp³-hybridized carbons (Fsp3) is 0. The molecule has 5 heteroatoms. The molecule has 0 radical (unpaired) electrons. The lowest BCUT2D eigenvalue weighted by atomic mass is 9.92. The number of hydrogen-bond acceptors (Lipinski definition) is 3. The van der Waals surface area contributed by atoms with Gasteiger partial charge in [-0.1, -0.05) is 109 Å². The molecule has 226 valence electrons. The summed E-state index contributed by atoms with van der Waals surface area (Å²) in [5, 5.41) is 2.14. The second-order valence-corrected chi connectivity index (χ2v) is 11.9. The highest BCUT2D eigenvalue weighted by Crippen LogP contribution is 2.44. The summed E-state index contributed by atoms with van der Waals surface area (Å²) in [4.78, 5) is 34.8. The Bertz CT molecular complexity index is 2540. The number of imide groups is 1. The first-order chi connectivity index (χ1) is 23.7. The van der Waals surface area contributed by atoms with Gasteiger partial charge in [-0.3, -0.25) is 14.6 Å². The predicted octanol–water partition coefficient (Wildman–Crippen LogP) is 9.98. The highest BCUT2D eigenvalue weighted by Gasteiger charge is 2.40. The van der Waals surface area contributed by atoms with Gasteiger partial charge in [0, 0.05) is 28.7 Å². The zero-order valence-electron chi connectivity index (χ0n) is 25.7. The summed E-state index contributed by atoms with van der Waals surface area (Å²) in [6.45, 7) is 0. The Morgan fingerprint density at radius 3 is 1.83 bits per heavy atom. The molecular weight excluding hydrogens is 590 g/mol. The van der Waals surface area contributed by atoms with Crippen LogP contribution < -0.4 is 4.90 Å². The van der Waals surface area contributed by atoms with E-state index in [0.717, 1.165) is 55.2 Å². The van der Waals surface area contributed by atoms with Gasteiger partial charge in [0.15, 0.2) is 0 Å². The number of anilines is 1. The molecule has 6 aromatic carbocycles. The third-order valence-electron chi connectivity index (χ3n) is 9.25. The molecule has 0 unspecified atom stereocenters.